The number of nitrogen functional groups attached to an aromatic ring is 1. The lowest BCUT2D eigenvalue weighted by Gasteiger charge is -2.42. The van der Waals surface area contributed by atoms with Crippen molar-refractivity contribution in [3.8, 4) is 5.75 Å². The fourth-order valence-electron chi connectivity index (χ4n) is 7.55. The van der Waals surface area contributed by atoms with Crippen LogP contribution in [-0.2, 0) is 35.0 Å². The van der Waals surface area contributed by atoms with Crippen LogP contribution < -0.4 is 20.7 Å². The number of hydrogen-bond donors (Lipinski definition) is 3. The number of anilines is 2. The van der Waals surface area contributed by atoms with Gasteiger partial charge in [0.15, 0.2) is 5.72 Å². The molecule has 0 aliphatic carbocycles. The lowest BCUT2D eigenvalue weighted by atomic mass is 9.83. The molecule has 2 fully saturated rings. The highest BCUT2D eigenvalue weighted by Crippen LogP contribution is 2.49. The quantitative estimate of drug-likeness (QED) is 0.139. The van der Waals surface area contributed by atoms with Gasteiger partial charge < -0.3 is 44.3 Å². The molecule has 2 aromatic carbocycles. The SMILES string of the molecule is C/C=N\c1c(C(=O)N(C)[C@@H](C)C(=O)O[C@H]2CC(=O)N(C)c3cc(cc(OC)c3Cl)C/C(C)=C/C=C/[C@@H](OC)[C@@]3(O)C[C@H](OC(=O)N3)[C@@H](C)[C@@H]3O[C@@]23C)ccc(N)c1C. The molecule has 15 nitrogen and oxygen atoms in total. The van der Waals surface area contributed by atoms with Crippen molar-refractivity contribution in [2.24, 2.45) is 10.9 Å². The number of likely N-dealkylation sites (N-methyl/N-ethyl adjacent to an activating group) is 1. The van der Waals surface area contributed by atoms with Crippen LogP contribution in [0, 0.1) is 12.8 Å². The zero-order chi connectivity index (χ0) is 42.9. The van der Waals surface area contributed by atoms with Crippen LogP contribution in [0.4, 0.5) is 21.9 Å². The highest BCUT2D eigenvalue weighted by atomic mass is 35.5. The number of carbonyl (C=O) groups is 4. The van der Waals surface area contributed by atoms with E-state index >= 15 is 0 Å². The Morgan fingerprint density at radius 2 is 1.93 bits per heavy atom. The predicted molar refractivity (Wildman–Crippen MR) is 220 cm³/mol. The summed E-state index contributed by atoms with van der Waals surface area (Å²) in [5, 5.41) is 14.5. The highest BCUT2D eigenvalue weighted by Gasteiger charge is 2.64. The first-order valence-corrected chi connectivity index (χ1v) is 19.4. The molecule has 0 spiro atoms. The predicted octanol–water partition coefficient (Wildman–Crippen LogP) is 5.44. The third-order valence-electron chi connectivity index (χ3n) is 11.4. The molecule has 3 heterocycles. The number of alkyl carbamates (subject to hydrolysis) is 1. The summed E-state index contributed by atoms with van der Waals surface area (Å²) in [7, 11) is 5.94. The smallest absolute Gasteiger partial charge is 0.409 e. The van der Waals surface area contributed by atoms with Gasteiger partial charge in [-0.2, -0.15) is 0 Å². The number of esters is 1. The average Bonchev–Trinajstić information content (AvgIpc) is 3.88. The molecule has 4 bridgehead atoms. The zero-order valence-corrected chi connectivity index (χ0v) is 35.4. The number of allylic oxidation sites excluding steroid dienone is 3. The van der Waals surface area contributed by atoms with Gasteiger partial charge in [0.2, 0.25) is 5.91 Å². The first-order valence-electron chi connectivity index (χ1n) is 19.0. The molecule has 58 heavy (non-hydrogen) atoms. The number of ether oxygens (including phenoxy) is 5. The van der Waals surface area contributed by atoms with Gasteiger partial charge in [0.1, 0.15) is 40.7 Å². The highest BCUT2D eigenvalue weighted by molar-refractivity contribution is 6.35. The molecule has 5 rings (SSSR count). The van der Waals surface area contributed by atoms with Crippen LogP contribution in [0.15, 0.2) is 53.1 Å². The van der Waals surface area contributed by atoms with Crippen molar-refractivity contribution < 1.29 is 48.0 Å². The van der Waals surface area contributed by atoms with Gasteiger partial charge in [-0.15, -0.1) is 0 Å². The summed E-state index contributed by atoms with van der Waals surface area (Å²) in [6.45, 7) is 10.4. The normalized spacial score (nSPS) is 29.6. The van der Waals surface area contributed by atoms with Crippen molar-refractivity contribution in [3.63, 3.8) is 0 Å². The number of rotatable bonds is 7. The molecule has 0 aromatic heterocycles. The molecular formula is C42H54ClN5O10. The van der Waals surface area contributed by atoms with Crippen LogP contribution in [-0.4, -0.2) is 110 Å². The summed E-state index contributed by atoms with van der Waals surface area (Å²) in [4.78, 5) is 62.1. The number of nitrogens with one attached hydrogen (secondary N) is 1. The molecule has 2 aromatic rings. The van der Waals surface area contributed by atoms with E-state index in [1.807, 2.05) is 13.0 Å². The number of benzene rings is 2. The van der Waals surface area contributed by atoms with E-state index in [2.05, 4.69) is 10.3 Å². The number of fused-ring (bicyclic) bond motifs is 5. The molecule has 3 aliphatic heterocycles. The van der Waals surface area contributed by atoms with E-state index in [0.29, 0.717) is 34.8 Å². The van der Waals surface area contributed by atoms with Crippen molar-refractivity contribution in [2.75, 3.05) is 38.9 Å². The minimum Gasteiger partial charge on any atom is -0.495 e. The number of methoxy groups -OCH3 is 2. The number of hydrogen-bond acceptors (Lipinski definition) is 12. The van der Waals surface area contributed by atoms with Gasteiger partial charge in [-0.25, -0.2) is 9.59 Å². The van der Waals surface area contributed by atoms with E-state index in [9.17, 15) is 24.3 Å². The maximum Gasteiger partial charge on any atom is 0.409 e. The van der Waals surface area contributed by atoms with Gasteiger partial charge in [0, 0.05) is 45.4 Å². The molecule has 0 unspecified atom stereocenters. The molecule has 3 amide bonds. The lowest BCUT2D eigenvalue weighted by Crippen LogP contribution is -2.63. The Balaban J connectivity index is 1.53. The number of aliphatic imine (C=N–C) groups is 1. The van der Waals surface area contributed by atoms with Crippen molar-refractivity contribution in [3.05, 3.63) is 69.8 Å². The Labute approximate surface area is 344 Å². The van der Waals surface area contributed by atoms with Gasteiger partial charge in [-0.05, 0) is 76.4 Å². The fraction of sp³-hybridized carbons (Fsp3) is 0.500. The van der Waals surface area contributed by atoms with Crippen LogP contribution in [0.5, 0.6) is 5.75 Å². The standard InChI is InChI=1S/C42H54ClN5O10/c1-11-45-36-23(3)28(44)16-15-27(36)38(50)47(7)25(5)39(51)57-33-20-34(49)48(8)29-18-26(19-30(54-9)35(29)43)17-22(2)13-12-14-32(55-10)42(53)21-31(56-40(52)46-42)24(4)37-41(33,6)58-37/h11-16,18-19,24-25,31-33,37,53H,17,20-21,44H2,1-10H3,(H,46,52)/b14-12+,22-13+,45-11-/t24-,25+,31+,32-,33+,37+,41+,42+/m1/s1. The summed E-state index contributed by atoms with van der Waals surface area (Å²) in [5.74, 6) is -1.97. The van der Waals surface area contributed by atoms with Crippen molar-refractivity contribution >= 4 is 58.8 Å². The molecule has 0 radical (unpaired) electrons. The number of epoxide rings is 1. The maximum absolute atomic E-state index is 14.3. The van der Waals surface area contributed by atoms with Crippen molar-refractivity contribution in [2.45, 2.75) is 103 Å². The average molecular weight is 824 g/mol. The van der Waals surface area contributed by atoms with Crippen LogP contribution in [0.3, 0.4) is 0 Å². The second kappa shape index (κ2) is 17.5. The number of nitrogens with two attached hydrogens (primary N) is 1. The van der Waals surface area contributed by atoms with Crippen LogP contribution >= 0.6 is 11.6 Å². The van der Waals surface area contributed by atoms with E-state index in [4.69, 9.17) is 41.0 Å². The van der Waals surface area contributed by atoms with Gasteiger partial charge in [0.05, 0.1) is 36.6 Å². The van der Waals surface area contributed by atoms with E-state index < -0.39 is 71.6 Å². The topological polar surface area (TPSA) is 195 Å². The molecule has 0 saturated carbocycles. The van der Waals surface area contributed by atoms with Gasteiger partial charge in [-0.1, -0.05) is 42.3 Å². The van der Waals surface area contributed by atoms with Gasteiger partial charge in [0.25, 0.3) is 5.91 Å². The van der Waals surface area contributed by atoms with Crippen LogP contribution in [0.25, 0.3) is 0 Å². The van der Waals surface area contributed by atoms with Gasteiger partial charge >= 0.3 is 12.1 Å². The first-order chi connectivity index (χ1) is 27.3. The third kappa shape index (κ3) is 8.87. The number of carbonyl (C=O) groups excluding carboxylic acids is 4. The Bertz CT molecular complexity index is 2040. The Hall–Kier alpha value is -4.96. The summed E-state index contributed by atoms with van der Waals surface area (Å²) in [6.07, 6.45) is 2.21. The number of nitrogens with zero attached hydrogens (tertiary/aromatic N) is 3. The number of amides is 3. The molecular weight excluding hydrogens is 770 g/mol. The summed E-state index contributed by atoms with van der Waals surface area (Å²) >= 11 is 6.79. The molecule has 2 saturated heterocycles. The van der Waals surface area contributed by atoms with E-state index in [0.717, 1.165) is 11.1 Å². The molecule has 16 heteroatoms. The van der Waals surface area contributed by atoms with Crippen molar-refractivity contribution in [1.82, 2.24) is 10.2 Å². The monoisotopic (exact) mass is 823 g/mol. The summed E-state index contributed by atoms with van der Waals surface area (Å²) in [5.41, 5.74) is 6.75. The minimum absolute atomic E-state index is 0.0732. The van der Waals surface area contributed by atoms with E-state index in [1.54, 1.807) is 77.4 Å². The number of aliphatic hydroxyl groups is 1. The number of halogens is 1. The van der Waals surface area contributed by atoms with Crippen LogP contribution in [0.2, 0.25) is 5.02 Å². The Kier molecular flexibility index (Phi) is 13.3. The Morgan fingerprint density at radius 1 is 1.22 bits per heavy atom. The minimum atomic E-state index is -1.85. The molecule has 8 atom stereocenters. The van der Waals surface area contributed by atoms with E-state index in [1.165, 1.54) is 38.0 Å². The van der Waals surface area contributed by atoms with E-state index in [-0.39, 0.29) is 23.4 Å². The summed E-state index contributed by atoms with van der Waals surface area (Å²) < 4.78 is 29.4. The largest absolute Gasteiger partial charge is 0.495 e. The first kappa shape index (κ1) is 44.1. The molecule has 3 aliphatic rings. The summed E-state index contributed by atoms with van der Waals surface area (Å²) in [6, 6.07) is 5.60. The Morgan fingerprint density at radius 3 is 2.59 bits per heavy atom. The van der Waals surface area contributed by atoms with Gasteiger partial charge in [-0.3, -0.25) is 19.9 Å². The zero-order valence-electron chi connectivity index (χ0n) is 34.6. The maximum atomic E-state index is 14.3. The second-order valence-corrected chi connectivity index (χ2v) is 15.8. The molecule has 4 N–H and O–H groups in total. The van der Waals surface area contributed by atoms with Crippen LogP contribution in [0.1, 0.15) is 68.9 Å². The lowest BCUT2D eigenvalue weighted by molar-refractivity contribution is -0.158. The second-order valence-electron chi connectivity index (χ2n) is 15.4. The van der Waals surface area contributed by atoms with Crippen molar-refractivity contribution in [1.29, 1.82) is 0 Å². The third-order valence-corrected chi connectivity index (χ3v) is 11.8. The fourth-order valence-corrected chi connectivity index (χ4v) is 7.86. The molecule has 314 valence electrons.